The average molecular weight is 314 g/mol. The van der Waals surface area contributed by atoms with Crippen LogP contribution in [0.25, 0.3) is 0 Å². The van der Waals surface area contributed by atoms with Gasteiger partial charge in [-0.2, -0.15) is 4.31 Å². The molecule has 3 N–H and O–H groups in total. The number of nitrogens with zero attached hydrogens (tertiary/aromatic N) is 2. The van der Waals surface area contributed by atoms with E-state index < -0.39 is 21.2 Å². The van der Waals surface area contributed by atoms with Crippen LogP contribution in [0.5, 0.6) is 0 Å². The highest BCUT2D eigenvalue weighted by Gasteiger charge is 2.44. The molecule has 8 heteroatoms. The third-order valence-corrected chi connectivity index (χ3v) is 4.93. The van der Waals surface area contributed by atoms with E-state index >= 15 is 0 Å². The number of nitrogens with one attached hydrogen (secondary N) is 1. The largest absolute Gasteiger partial charge is 0.367 e. The first kappa shape index (κ1) is 16.2. The molecule has 1 aliphatic heterocycles. The summed E-state index contributed by atoms with van der Waals surface area (Å²) < 4.78 is 33.0. The van der Waals surface area contributed by atoms with Gasteiger partial charge in [-0.25, -0.2) is 13.4 Å². The van der Waals surface area contributed by atoms with Crippen molar-refractivity contribution in [2.45, 2.75) is 43.9 Å². The van der Waals surface area contributed by atoms with Gasteiger partial charge in [-0.15, -0.1) is 0 Å². The van der Waals surface area contributed by atoms with Gasteiger partial charge in [0.2, 0.25) is 0 Å². The predicted molar refractivity (Wildman–Crippen MR) is 80.0 cm³/mol. The molecule has 0 spiro atoms. The van der Waals surface area contributed by atoms with Gasteiger partial charge >= 0.3 is 0 Å². The standard InChI is InChI=1S/C13H22N4O3S/c1-12(2)8-17(9-13(3,4)20-12)21(18,19)11-10(16-14)6-5-7-15-11/h5-7,16H,8-9,14H2,1-4H3. The van der Waals surface area contributed by atoms with Crippen molar-refractivity contribution in [1.82, 2.24) is 9.29 Å². The van der Waals surface area contributed by atoms with Gasteiger partial charge in [0.1, 0.15) is 0 Å². The molecule has 1 aromatic rings. The highest BCUT2D eigenvalue weighted by atomic mass is 32.2. The van der Waals surface area contributed by atoms with E-state index in [0.29, 0.717) is 0 Å². The highest BCUT2D eigenvalue weighted by molar-refractivity contribution is 7.89. The molecule has 2 heterocycles. The van der Waals surface area contributed by atoms with Crippen LogP contribution in [0.1, 0.15) is 27.7 Å². The molecule has 0 aromatic carbocycles. The number of rotatable bonds is 3. The number of pyridine rings is 1. The fourth-order valence-electron chi connectivity index (χ4n) is 2.72. The molecule has 0 saturated carbocycles. The number of anilines is 1. The lowest BCUT2D eigenvalue weighted by molar-refractivity contribution is -0.163. The Morgan fingerprint density at radius 3 is 2.38 bits per heavy atom. The number of nitrogen functional groups attached to an aromatic ring is 1. The summed E-state index contributed by atoms with van der Waals surface area (Å²) in [7, 11) is -3.75. The summed E-state index contributed by atoms with van der Waals surface area (Å²) in [4.78, 5) is 3.98. The van der Waals surface area contributed by atoms with Gasteiger partial charge in [0.05, 0.1) is 16.9 Å². The molecule has 1 aromatic heterocycles. The third-order valence-electron chi connectivity index (χ3n) is 3.18. The van der Waals surface area contributed by atoms with Crippen molar-refractivity contribution in [2.24, 2.45) is 5.84 Å². The lowest BCUT2D eigenvalue weighted by Crippen LogP contribution is -2.58. The Labute approximate surface area is 125 Å². The summed E-state index contributed by atoms with van der Waals surface area (Å²) in [5.74, 6) is 5.39. The van der Waals surface area contributed by atoms with Crippen LogP contribution in [-0.4, -0.2) is 42.0 Å². The monoisotopic (exact) mass is 314 g/mol. The van der Waals surface area contributed by atoms with Crippen molar-refractivity contribution in [3.05, 3.63) is 18.3 Å². The second kappa shape index (κ2) is 5.20. The zero-order chi connectivity index (χ0) is 15.9. The minimum absolute atomic E-state index is 0.0685. The maximum Gasteiger partial charge on any atom is 0.262 e. The Balaban J connectivity index is 2.44. The molecular weight excluding hydrogens is 292 g/mol. The summed E-state index contributed by atoms with van der Waals surface area (Å²) in [6, 6.07) is 3.21. The van der Waals surface area contributed by atoms with Crippen LogP contribution in [0.15, 0.2) is 23.4 Å². The number of ether oxygens (including phenoxy) is 1. The molecule has 1 aliphatic rings. The normalized spacial score (nSPS) is 22.0. The Kier molecular flexibility index (Phi) is 4.00. The van der Waals surface area contributed by atoms with E-state index in [2.05, 4.69) is 10.4 Å². The molecule has 0 unspecified atom stereocenters. The molecule has 1 saturated heterocycles. The van der Waals surface area contributed by atoms with Crippen LogP contribution in [0, 0.1) is 0 Å². The number of hydrogen-bond acceptors (Lipinski definition) is 6. The van der Waals surface area contributed by atoms with Crippen LogP contribution in [0.4, 0.5) is 5.69 Å². The average Bonchev–Trinajstić information content (AvgIpc) is 2.35. The number of morpholine rings is 1. The van der Waals surface area contributed by atoms with Crippen LogP contribution < -0.4 is 11.3 Å². The maximum absolute atomic E-state index is 12.9. The van der Waals surface area contributed by atoms with Gasteiger partial charge in [-0.3, -0.25) is 5.84 Å². The Hall–Kier alpha value is -1.22. The predicted octanol–water partition coefficient (Wildman–Crippen LogP) is 0.945. The fourth-order valence-corrected chi connectivity index (χ4v) is 4.52. The summed E-state index contributed by atoms with van der Waals surface area (Å²) >= 11 is 0. The summed E-state index contributed by atoms with van der Waals surface area (Å²) in [6.07, 6.45) is 1.43. The lowest BCUT2D eigenvalue weighted by atomic mass is 10.0. The van der Waals surface area contributed by atoms with Gasteiger partial charge in [0.25, 0.3) is 10.0 Å². The zero-order valence-corrected chi connectivity index (χ0v) is 13.6. The first-order chi connectivity index (χ1) is 9.57. The van der Waals surface area contributed by atoms with E-state index in [4.69, 9.17) is 10.6 Å². The second-order valence-corrected chi connectivity index (χ2v) is 8.25. The minimum Gasteiger partial charge on any atom is -0.367 e. The molecule has 2 rings (SSSR count). The van der Waals surface area contributed by atoms with E-state index in [1.54, 1.807) is 12.1 Å². The maximum atomic E-state index is 12.9. The van der Waals surface area contributed by atoms with Crippen molar-refractivity contribution >= 4 is 15.7 Å². The first-order valence-electron chi connectivity index (χ1n) is 6.69. The SMILES string of the molecule is CC1(C)CN(S(=O)(=O)c2ncccc2NN)CC(C)(C)O1. The topological polar surface area (TPSA) is 97.6 Å². The molecule has 0 aliphatic carbocycles. The molecule has 0 amide bonds. The first-order valence-corrected chi connectivity index (χ1v) is 8.13. The summed E-state index contributed by atoms with van der Waals surface area (Å²) in [5.41, 5.74) is 1.52. The van der Waals surface area contributed by atoms with Crippen LogP contribution in [0.2, 0.25) is 0 Å². The number of hydrazine groups is 1. The Bertz CT molecular complexity index is 612. The molecular formula is C13H22N4O3S. The van der Waals surface area contributed by atoms with Gasteiger partial charge < -0.3 is 10.2 Å². The quantitative estimate of drug-likeness (QED) is 0.637. The van der Waals surface area contributed by atoms with Crippen molar-refractivity contribution in [3.8, 4) is 0 Å². The van der Waals surface area contributed by atoms with E-state index in [-0.39, 0.29) is 23.8 Å². The molecule has 0 atom stereocenters. The molecule has 118 valence electrons. The highest BCUT2D eigenvalue weighted by Crippen LogP contribution is 2.32. The Morgan fingerprint density at radius 1 is 1.29 bits per heavy atom. The van der Waals surface area contributed by atoms with Crippen molar-refractivity contribution in [3.63, 3.8) is 0 Å². The molecule has 7 nitrogen and oxygen atoms in total. The van der Waals surface area contributed by atoms with Gasteiger partial charge in [-0.1, -0.05) is 0 Å². The van der Waals surface area contributed by atoms with E-state index in [9.17, 15) is 8.42 Å². The molecule has 1 fully saturated rings. The fraction of sp³-hybridized carbons (Fsp3) is 0.615. The molecule has 0 radical (unpaired) electrons. The van der Waals surface area contributed by atoms with Crippen LogP contribution in [0.3, 0.4) is 0 Å². The van der Waals surface area contributed by atoms with Crippen LogP contribution in [-0.2, 0) is 14.8 Å². The second-order valence-electron chi connectivity index (χ2n) is 6.39. The minimum atomic E-state index is -3.75. The van der Waals surface area contributed by atoms with Crippen molar-refractivity contribution in [2.75, 3.05) is 18.5 Å². The van der Waals surface area contributed by atoms with E-state index in [1.165, 1.54) is 10.5 Å². The number of sulfonamides is 1. The smallest absolute Gasteiger partial charge is 0.262 e. The molecule has 0 bridgehead atoms. The van der Waals surface area contributed by atoms with Crippen molar-refractivity contribution in [1.29, 1.82) is 0 Å². The number of aromatic nitrogens is 1. The summed E-state index contributed by atoms with van der Waals surface area (Å²) in [6.45, 7) is 8.01. The van der Waals surface area contributed by atoms with E-state index in [1.807, 2.05) is 27.7 Å². The number of hydrogen-bond donors (Lipinski definition) is 2. The summed E-state index contributed by atoms with van der Waals surface area (Å²) in [5, 5.41) is -0.0685. The molecule has 21 heavy (non-hydrogen) atoms. The number of nitrogens with two attached hydrogens (primary N) is 1. The zero-order valence-electron chi connectivity index (χ0n) is 12.8. The van der Waals surface area contributed by atoms with Crippen LogP contribution >= 0.6 is 0 Å². The van der Waals surface area contributed by atoms with E-state index in [0.717, 1.165) is 0 Å². The lowest BCUT2D eigenvalue weighted by Gasteiger charge is -2.46. The van der Waals surface area contributed by atoms with Crippen molar-refractivity contribution < 1.29 is 13.2 Å². The van der Waals surface area contributed by atoms with Gasteiger partial charge in [0, 0.05) is 19.3 Å². The van der Waals surface area contributed by atoms with Gasteiger partial charge in [0.15, 0.2) is 5.03 Å². The third kappa shape index (κ3) is 3.34. The van der Waals surface area contributed by atoms with Gasteiger partial charge in [-0.05, 0) is 39.8 Å². The Morgan fingerprint density at radius 2 is 1.86 bits per heavy atom.